The molecular formula is C45H60N6O10. The first-order valence-corrected chi connectivity index (χ1v) is 20.3. The minimum absolute atomic E-state index is 0.0494. The predicted molar refractivity (Wildman–Crippen MR) is 231 cm³/mol. The van der Waals surface area contributed by atoms with Gasteiger partial charge < -0.3 is 52.8 Å². The van der Waals surface area contributed by atoms with E-state index in [4.69, 9.17) is 53.0 Å². The van der Waals surface area contributed by atoms with Crippen molar-refractivity contribution in [3.8, 4) is 40.5 Å². The van der Waals surface area contributed by atoms with Gasteiger partial charge in [-0.25, -0.2) is 14.3 Å². The van der Waals surface area contributed by atoms with Crippen LogP contribution in [0, 0.1) is 0 Å². The van der Waals surface area contributed by atoms with Gasteiger partial charge in [-0.1, -0.05) is 25.5 Å². The lowest BCUT2D eigenvalue weighted by Crippen LogP contribution is -2.36. The summed E-state index contributed by atoms with van der Waals surface area (Å²) in [4.78, 5) is 26.0. The quantitative estimate of drug-likeness (QED) is 0.0749. The highest BCUT2D eigenvalue weighted by Gasteiger charge is 2.25. The van der Waals surface area contributed by atoms with Gasteiger partial charge in [-0.2, -0.15) is 4.98 Å². The number of carbonyl (C=O) groups excluding carboxylic acids is 1. The number of anilines is 1. The molecule has 2 aromatic heterocycles. The smallest absolute Gasteiger partial charge is 0.410 e. The molecule has 16 heteroatoms. The van der Waals surface area contributed by atoms with Crippen LogP contribution in [0.1, 0.15) is 69.3 Å². The third kappa shape index (κ3) is 12.0. The first kappa shape index (κ1) is 45.9. The van der Waals surface area contributed by atoms with Gasteiger partial charge in [-0.05, 0) is 57.5 Å². The molecule has 16 nitrogen and oxygen atoms in total. The van der Waals surface area contributed by atoms with Gasteiger partial charge >= 0.3 is 12.1 Å². The van der Waals surface area contributed by atoms with Crippen molar-refractivity contribution in [3.05, 3.63) is 83.2 Å². The Morgan fingerprint density at radius 1 is 0.836 bits per heavy atom. The fourth-order valence-electron chi connectivity index (χ4n) is 6.70. The van der Waals surface area contributed by atoms with E-state index >= 15 is 0 Å². The summed E-state index contributed by atoms with van der Waals surface area (Å²) in [5, 5.41) is 14.8. The number of fused-ring (bicyclic) bond motifs is 1. The number of nitrogens with zero attached hydrogens (tertiary/aromatic N) is 6. The van der Waals surface area contributed by atoms with Crippen molar-refractivity contribution in [2.45, 2.75) is 78.2 Å². The van der Waals surface area contributed by atoms with Crippen molar-refractivity contribution < 1.29 is 47.8 Å². The summed E-state index contributed by atoms with van der Waals surface area (Å²) in [7, 11) is 9.73. The summed E-state index contributed by atoms with van der Waals surface area (Å²) >= 11 is 0. The van der Waals surface area contributed by atoms with Crippen LogP contribution in [-0.4, -0.2) is 110 Å². The minimum Gasteiger partial charge on any atom is -0.497 e. The number of aliphatic hydroxyl groups excluding tert-OH is 1. The van der Waals surface area contributed by atoms with Crippen molar-refractivity contribution in [3.63, 3.8) is 0 Å². The third-order valence-corrected chi connectivity index (χ3v) is 9.77. The summed E-state index contributed by atoms with van der Waals surface area (Å²) in [6, 6.07) is 17.2. The molecule has 0 saturated heterocycles. The number of likely N-dealkylation sites (N-methyl/N-ethyl adjacent to an activating group) is 1. The number of aliphatic hydroxyl groups is 1. The van der Waals surface area contributed by atoms with Gasteiger partial charge in [0.05, 0.1) is 54.0 Å². The third-order valence-electron chi connectivity index (χ3n) is 9.77. The van der Waals surface area contributed by atoms with Crippen LogP contribution in [0.4, 0.5) is 10.6 Å². The molecule has 0 bridgehead atoms. The lowest BCUT2D eigenvalue weighted by Gasteiger charge is -2.27. The minimum atomic E-state index is -0.608. The Bertz CT molecular complexity index is 2140. The van der Waals surface area contributed by atoms with Gasteiger partial charge in [0.1, 0.15) is 41.3 Å². The van der Waals surface area contributed by atoms with E-state index in [1.54, 1.807) is 53.3 Å². The number of hydrogen-bond donors (Lipinski definition) is 1. The topological polar surface area (TPSA) is 161 Å². The number of imidazole rings is 1. The van der Waals surface area contributed by atoms with Crippen molar-refractivity contribution in [2.24, 2.45) is 0 Å². The Morgan fingerprint density at radius 2 is 1.49 bits per heavy atom. The fraction of sp³-hybridized carbons (Fsp3) is 0.467. The van der Waals surface area contributed by atoms with Crippen molar-refractivity contribution in [1.82, 2.24) is 24.5 Å². The largest absolute Gasteiger partial charge is 0.497 e. The molecule has 5 aromatic rings. The molecule has 0 aliphatic carbocycles. The molecular weight excluding hydrogens is 785 g/mol. The van der Waals surface area contributed by atoms with Gasteiger partial charge in [0.2, 0.25) is 0 Å². The van der Waals surface area contributed by atoms with E-state index in [1.165, 1.54) is 4.90 Å². The maximum absolute atomic E-state index is 12.5. The van der Waals surface area contributed by atoms with E-state index in [-0.39, 0.29) is 25.3 Å². The number of aromatic nitrogens is 4. The normalized spacial score (nSPS) is 11.8. The Morgan fingerprint density at radius 3 is 2.05 bits per heavy atom. The van der Waals surface area contributed by atoms with E-state index in [9.17, 15) is 9.90 Å². The maximum Gasteiger partial charge on any atom is 0.410 e. The van der Waals surface area contributed by atoms with Gasteiger partial charge in [-0.3, -0.25) is 0 Å². The van der Waals surface area contributed by atoms with Crippen LogP contribution in [0.3, 0.4) is 0 Å². The lowest BCUT2D eigenvalue weighted by molar-refractivity contribution is 0.0277. The first-order chi connectivity index (χ1) is 29.3. The molecule has 1 atom stereocenters. The van der Waals surface area contributed by atoms with E-state index in [0.29, 0.717) is 84.9 Å². The van der Waals surface area contributed by atoms with Crippen LogP contribution in [0.25, 0.3) is 5.65 Å². The number of amides is 1. The second-order valence-electron chi connectivity index (χ2n) is 15.3. The first-order valence-electron chi connectivity index (χ1n) is 20.3. The average molecular weight is 845 g/mol. The molecule has 0 radical (unpaired) electrons. The summed E-state index contributed by atoms with van der Waals surface area (Å²) in [6.07, 6.45) is 3.30. The summed E-state index contributed by atoms with van der Waals surface area (Å²) < 4.78 is 48.4. The van der Waals surface area contributed by atoms with E-state index in [2.05, 4.69) is 11.8 Å². The van der Waals surface area contributed by atoms with Gasteiger partial charge in [0.15, 0.2) is 23.0 Å². The lowest BCUT2D eigenvalue weighted by atomic mass is 10.1. The molecule has 1 amide bonds. The molecule has 0 fully saturated rings. The van der Waals surface area contributed by atoms with Crippen LogP contribution in [-0.2, 0) is 24.2 Å². The fourth-order valence-corrected chi connectivity index (χ4v) is 6.70. The van der Waals surface area contributed by atoms with Crippen LogP contribution < -0.4 is 38.1 Å². The zero-order valence-electron chi connectivity index (χ0n) is 37.0. The predicted octanol–water partition coefficient (Wildman–Crippen LogP) is 7.14. The van der Waals surface area contributed by atoms with E-state index in [1.807, 2.05) is 75.4 Å². The molecule has 0 spiro atoms. The standard InChI is InChI=1S/C45H60N6O10/c1-11-13-34(20-22-52)60-43-47-42(50(28-31-16-18-35(54-6)25-38(31)56-8)29-32-17-19-36(55-7)26-39(32)57-9)41-46-27-33(51(41)48-43)24-30-14-12-15-37(40(30)58-10)59-23-21-49(5)44(53)61-45(2,3)4/h12,14-19,25-27,34,52H,11,13,20-24,28-29H2,1-10H3/t34-/m1/s1. The van der Waals surface area contributed by atoms with Crippen LogP contribution in [0.15, 0.2) is 60.8 Å². The Hall–Kier alpha value is -6.16. The van der Waals surface area contributed by atoms with Crippen molar-refractivity contribution >= 4 is 17.6 Å². The highest BCUT2D eigenvalue weighted by molar-refractivity contribution is 5.68. The highest BCUT2D eigenvalue weighted by atomic mass is 16.6. The second kappa shape index (κ2) is 21.4. The molecule has 0 saturated carbocycles. The van der Waals surface area contributed by atoms with Gasteiger partial charge in [0, 0.05) is 68.4 Å². The van der Waals surface area contributed by atoms with Crippen LogP contribution >= 0.6 is 0 Å². The summed E-state index contributed by atoms with van der Waals surface area (Å²) in [5.41, 5.74) is 3.14. The number of carbonyl (C=O) groups is 1. The highest BCUT2D eigenvalue weighted by Crippen LogP contribution is 2.36. The molecule has 3 aromatic carbocycles. The average Bonchev–Trinajstić information content (AvgIpc) is 3.64. The molecule has 61 heavy (non-hydrogen) atoms. The SMILES string of the molecule is CCC[C@H](CCO)Oc1nc(N(Cc2ccc(OC)cc2OC)Cc2ccc(OC)cc2OC)c2ncc(Cc3cccc(OCCN(C)C(=O)OC(C)(C)C)c3OC)n2n1. The Labute approximate surface area is 358 Å². The second-order valence-corrected chi connectivity index (χ2v) is 15.3. The van der Waals surface area contributed by atoms with E-state index in [0.717, 1.165) is 28.8 Å². The van der Waals surface area contributed by atoms with Crippen LogP contribution in [0.5, 0.6) is 40.5 Å². The number of para-hydroxylation sites is 1. The zero-order chi connectivity index (χ0) is 44.1. The summed E-state index contributed by atoms with van der Waals surface area (Å²) in [5.74, 6) is 4.13. The van der Waals surface area contributed by atoms with Gasteiger partial charge in [-0.15, -0.1) is 5.10 Å². The molecule has 330 valence electrons. The Kier molecular flexibility index (Phi) is 16.1. The summed E-state index contributed by atoms with van der Waals surface area (Å²) in [6.45, 7) is 8.67. The number of ether oxygens (including phenoxy) is 8. The van der Waals surface area contributed by atoms with Gasteiger partial charge in [0.25, 0.3) is 0 Å². The molecule has 2 heterocycles. The molecule has 0 aliphatic rings. The number of benzene rings is 3. The Balaban J connectivity index is 1.59. The molecule has 0 aliphatic heterocycles. The molecule has 5 rings (SSSR count). The van der Waals surface area contributed by atoms with Crippen molar-refractivity contribution in [1.29, 1.82) is 0 Å². The van der Waals surface area contributed by atoms with Crippen molar-refractivity contribution in [2.75, 3.05) is 67.3 Å². The number of methoxy groups -OCH3 is 5. The number of rotatable bonds is 22. The molecule has 1 N–H and O–H groups in total. The molecule has 0 unspecified atom stereocenters. The van der Waals surface area contributed by atoms with E-state index < -0.39 is 11.7 Å². The van der Waals surface area contributed by atoms with Crippen LogP contribution in [0.2, 0.25) is 0 Å². The zero-order valence-corrected chi connectivity index (χ0v) is 37.0. The monoisotopic (exact) mass is 844 g/mol. The number of hydrogen-bond acceptors (Lipinski definition) is 14. The maximum atomic E-state index is 12.5.